The fraction of sp³-hybridized carbons (Fsp3) is 0.500. The van der Waals surface area contributed by atoms with Crippen LogP contribution in [0.15, 0.2) is 24.7 Å². The molecule has 1 saturated heterocycles. The van der Waals surface area contributed by atoms with Crippen molar-refractivity contribution < 1.29 is 9.90 Å². The fourth-order valence-corrected chi connectivity index (χ4v) is 2.88. The number of aromatic nitrogens is 3. The van der Waals surface area contributed by atoms with Crippen molar-refractivity contribution in [2.45, 2.75) is 26.3 Å². The molecule has 6 heteroatoms. The molecule has 3 rings (SSSR count). The summed E-state index contributed by atoms with van der Waals surface area (Å²) >= 11 is 0. The lowest BCUT2D eigenvalue weighted by molar-refractivity contribution is -0.151. The molecule has 3 heterocycles. The molecule has 6 nitrogen and oxygen atoms in total. The first-order valence-corrected chi connectivity index (χ1v) is 6.81. The summed E-state index contributed by atoms with van der Waals surface area (Å²) in [5.74, 6) is -0.708. The molecular weight excluding hydrogens is 256 g/mol. The number of aliphatic carboxylic acids is 1. The molecule has 1 aliphatic heterocycles. The Bertz CT molecular complexity index is 639. The van der Waals surface area contributed by atoms with Gasteiger partial charge in [0.15, 0.2) is 5.65 Å². The molecule has 1 fully saturated rings. The van der Waals surface area contributed by atoms with Crippen LogP contribution in [0.2, 0.25) is 0 Å². The minimum absolute atomic E-state index is 0.576. The van der Waals surface area contributed by atoms with Crippen LogP contribution in [-0.2, 0) is 11.3 Å². The highest BCUT2D eigenvalue weighted by Crippen LogP contribution is 2.30. The van der Waals surface area contributed by atoms with Crippen molar-refractivity contribution in [1.29, 1.82) is 0 Å². The molecule has 106 valence electrons. The van der Waals surface area contributed by atoms with E-state index in [1.54, 1.807) is 10.7 Å². The van der Waals surface area contributed by atoms with Crippen molar-refractivity contribution in [3.05, 3.63) is 30.2 Å². The minimum atomic E-state index is -0.708. The van der Waals surface area contributed by atoms with Crippen molar-refractivity contribution in [3.63, 3.8) is 0 Å². The second kappa shape index (κ2) is 4.86. The Kier molecular flexibility index (Phi) is 3.17. The van der Waals surface area contributed by atoms with Gasteiger partial charge in [0.25, 0.3) is 0 Å². The van der Waals surface area contributed by atoms with Gasteiger partial charge in [-0.25, -0.2) is 9.50 Å². The Labute approximate surface area is 117 Å². The molecule has 2 aromatic heterocycles. The number of rotatable bonds is 3. The fourth-order valence-electron chi connectivity index (χ4n) is 2.88. The number of fused-ring (bicyclic) bond motifs is 1. The third-order valence-corrected chi connectivity index (χ3v) is 4.04. The molecule has 0 unspecified atom stereocenters. The summed E-state index contributed by atoms with van der Waals surface area (Å²) in [7, 11) is 0. The highest BCUT2D eigenvalue weighted by atomic mass is 16.4. The Balaban J connectivity index is 1.79. The van der Waals surface area contributed by atoms with E-state index in [2.05, 4.69) is 15.0 Å². The second-order valence-corrected chi connectivity index (χ2v) is 5.74. The lowest BCUT2D eigenvalue weighted by atomic mass is 9.82. The third-order valence-electron chi connectivity index (χ3n) is 4.04. The monoisotopic (exact) mass is 274 g/mol. The molecule has 20 heavy (non-hydrogen) atoms. The van der Waals surface area contributed by atoms with Gasteiger partial charge in [-0.3, -0.25) is 9.69 Å². The highest BCUT2D eigenvalue weighted by Gasteiger charge is 2.37. The van der Waals surface area contributed by atoms with Crippen molar-refractivity contribution >= 4 is 11.6 Å². The molecule has 0 saturated carbocycles. The Morgan fingerprint density at radius 3 is 3.20 bits per heavy atom. The van der Waals surface area contributed by atoms with Gasteiger partial charge >= 0.3 is 5.97 Å². The molecule has 0 aromatic carbocycles. The zero-order chi connectivity index (χ0) is 14.2. The summed E-state index contributed by atoms with van der Waals surface area (Å²) in [4.78, 5) is 17.9. The number of nitrogens with zero attached hydrogens (tertiary/aromatic N) is 4. The summed E-state index contributed by atoms with van der Waals surface area (Å²) in [6, 6.07) is 1.84. The minimum Gasteiger partial charge on any atom is -0.481 e. The number of piperidine rings is 1. The third kappa shape index (κ3) is 2.27. The van der Waals surface area contributed by atoms with E-state index >= 15 is 0 Å². The quantitative estimate of drug-likeness (QED) is 0.916. The number of carboxylic acids is 1. The van der Waals surface area contributed by atoms with Crippen molar-refractivity contribution in [1.82, 2.24) is 19.5 Å². The van der Waals surface area contributed by atoms with Gasteiger partial charge in [-0.1, -0.05) is 0 Å². The number of hydrogen-bond acceptors (Lipinski definition) is 4. The van der Waals surface area contributed by atoms with E-state index < -0.39 is 11.4 Å². The van der Waals surface area contributed by atoms with Crippen molar-refractivity contribution in [3.8, 4) is 0 Å². The molecule has 0 bridgehead atoms. The molecule has 0 aliphatic carbocycles. The number of likely N-dealkylation sites (tertiary alicyclic amines) is 1. The van der Waals surface area contributed by atoms with E-state index in [9.17, 15) is 9.90 Å². The number of carbonyl (C=O) groups is 1. The van der Waals surface area contributed by atoms with Gasteiger partial charge in [0.1, 0.15) is 0 Å². The van der Waals surface area contributed by atoms with Gasteiger partial charge in [0.2, 0.25) is 0 Å². The number of carboxylic acid groups (broad SMARTS) is 1. The molecule has 1 aliphatic rings. The number of hydrogen-bond donors (Lipinski definition) is 1. The molecule has 1 atom stereocenters. The van der Waals surface area contributed by atoms with Crippen LogP contribution in [-0.4, -0.2) is 43.7 Å². The molecule has 0 radical (unpaired) electrons. The summed E-state index contributed by atoms with van der Waals surface area (Å²) in [6.45, 7) is 4.03. The van der Waals surface area contributed by atoms with Gasteiger partial charge < -0.3 is 5.11 Å². The maximum atomic E-state index is 11.4. The standard InChI is InChI=1S/C14H18N4O2/c1-14(13(19)20)4-2-6-17(10-14)9-11-8-16-18-7-3-5-15-12(11)18/h3,5,7-8H,2,4,6,9-10H2,1H3,(H,19,20)/t14-/m0/s1. The summed E-state index contributed by atoms with van der Waals surface area (Å²) < 4.78 is 1.75. The largest absolute Gasteiger partial charge is 0.481 e. The van der Waals surface area contributed by atoms with Crippen molar-refractivity contribution in [2.75, 3.05) is 13.1 Å². The molecule has 2 aromatic rings. The first-order valence-electron chi connectivity index (χ1n) is 6.81. The summed E-state index contributed by atoms with van der Waals surface area (Å²) in [6.07, 6.45) is 7.08. The van der Waals surface area contributed by atoms with Crippen LogP contribution < -0.4 is 0 Å². The Hall–Kier alpha value is -1.95. The normalized spacial score (nSPS) is 24.1. The van der Waals surface area contributed by atoms with E-state index in [0.717, 1.165) is 30.6 Å². The summed E-state index contributed by atoms with van der Waals surface area (Å²) in [5.41, 5.74) is 1.24. The van der Waals surface area contributed by atoms with Gasteiger partial charge in [0, 0.05) is 31.0 Å². The maximum absolute atomic E-state index is 11.4. The van der Waals surface area contributed by atoms with Crippen LogP contribution in [0, 0.1) is 5.41 Å². The SMILES string of the molecule is C[C@]1(C(=O)O)CCCN(Cc2cnn3cccnc23)C1. The van der Waals surface area contributed by atoms with Gasteiger partial charge in [-0.05, 0) is 32.4 Å². The first kappa shape index (κ1) is 13.1. The van der Waals surface area contributed by atoms with Crippen LogP contribution in [0.5, 0.6) is 0 Å². The smallest absolute Gasteiger partial charge is 0.310 e. The zero-order valence-electron chi connectivity index (χ0n) is 11.5. The zero-order valence-corrected chi connectivity index (χ0v) is 11.5. The predicted molar refractivity (Wildman–Crippen MR) is 73.2 cm³/mol. The highest BCUT2D eigenvalue weighted by molar-refractivity contribution is 5.74. The molecule has 1 N–H and O–H groups in total. The van der Waals surface area contributed by atoms with Crippen LogP contribution in [0.25, 0.3) is 5.65 Å². The van der Waals surface area contributed by atoms with Gasteiger partial charge in [-0.2, -0.15) is 5.10 Å². The van der Waals surface area contributed by atoms with E-state index in [-0.39, 0.29) is 0 Å². The van der Waals surface area contributed by atoms with E-state index in [0.29, 0.717) is 13.1 Å². The average molecular weight is 274 g/mol. The maximum Gasteiger partial charge on any atom is 0.310 e. The lowest BCUT2D eigenvalue weighted by Gasteiger charge is -2.37. The van der Waals surface area contributed by atoms with Gasteiger partial charge in [0.05, 0.1) is 11.6 Å². The Morgan fingerprint density at radius 1 is 1.55 bits per heavy atom. The lowest BCUT2D eigenvalue weighted by Crippen LogP contribution is -2.45. The average Bonchev–Trinajstić information content (AvgIpc) is 2.82. The van der Waals surface area contributed by atoms with Gasteiger partial charge in [-0.15, -0.1) is 0 Å². The van der Waals surface area contributed by atoms with Crippen LogP contribution in [0.1, 0.15) is 25.3 Å². The molecular formula is C14H18N4O2. The van der Waals surface area contributed by atoms with Crippen LogP contribution in [0.3, 0.4) is 0 Å². The van der Waals surface area contributed by atoms with E-state index in [4.69, 9.17) is 0 Å². The molecule has 0 amide bonds. The van der Waals surface area contributed by atoms with E-state index in [1.165, 1.54) is 0 Å². The van der Waals surface area contributed by atoms with Crippen LogP contribution in [0.4, 0.5) is 0 Å². The first-order chi connectivity index (χ1) is 9.58. The van der Waals surface area contributed by atoms with Crippen molar-refractivity contribution in [2.24, 2.45) is 5.41 Å². The van der Waals surface area contributed by atoms with Crippen LogP contribution >= 0.6 is 0 Å². The van der Waals surface area contributed by atoms with E-state index in [1.807, 2.05) is 25.4 Å². The topological polar surface area (TPSA) is 70.7 Å². The summed E-state index contributed by atoms with van der Waals surface area (Å²) in [5, 5.41) is 13.6. The second-order valence-electron chi connectivity index (χ2n) is 5.74. The predicted octanol–water partition coefficient (Wildman–Crippen LogP) is 1.42. The Morgan fingerprint density at radius 2 is 2.40 bits per heavy atom. The molecule has 0 spiro atoms.